The van der Waals surface area contributed by atoms with Gasteiger partial charge >= 0.3 is 0 Å². The van der Waals surface area contributed by atoms with E-state index >= 15 is 0 Å². The molecule has 1 rings (SSSR count). The van der Waals surface area contributed by atoms with Crippen molar-refractivity contribution in [2.24, 2.45) is 5.73 Å². The molecule has 0 amide bonds. The van der Waals surface area contributed by atoms with Crippen LogP contribution in [0.15, 0.2) is 24.3 Å². The molecule has 2 N–H and O–H groups in total. The molecule has 0 saturated carbocycles. The summed E-state index contributed by atoms with van der Waals surface area (Å²) in [6, 6.07) is 6.85. The largest absolute Gasteiger partial charge is 0.330 e. The van der Waals surface area contributed by atoms with Gasteiger partial charge in [-0.05, 0) is 18.7 Å². The molecule has 5 heteroatoms. The number of para-hydroxylation sites is 1. The third-order valence-electron chi connectivity index (χ3n) is 1.94. The van der Waals surface area contributed by atoms with Gasteiger partial charge in [-0.15, -0.1) is 0 Å². The number of nitrogens with zero attached hydrogens (tertiary/aromatic N) is 1. The van der Waals surface area contributed by atoms with E-state index in [0.717, 1.165) is 17.7 Å². The number of nitro groups is 1. The molecule has 0 aliphatic carbocycles. The number of nitrogens with two attached hydrogens (primary N) is 1. The Bertz CT molecular complexity index is 331. The van der Waals surface area contributed by atoms with Crippen LogP contribution in [0.25, 0.3) is 0 Å². The lowest BCUT2D eigenvalue weighted by molar-refractivity contribution is -0.385. The lowest BCUT2D eigenvalue weighted by Gasteiger charge is -2.02. The van der Waals surface area contributed by atoms with Gasteiger partial charge < -0.3 is 5.73 Å². The van der Waals surface area contributed by atoms with Crippen LogP contribution in [-0.2, 0) is 5.75 Å². The summed E-state index contributed by atoms with van der Waals surface area (Å²) in [6.07, 6.45) is 0.950. The summed E-state index contributed by atoms with van der Waals surface area (Å²) < 4.78 is 0. The second-order valence-electron chi connectivity index (χ2n) is 3.08. The highest BCUT2D eigenvalue weighted by atomic mass is 32.2. The molecule has 4 nitrogen and oxygen atoms in total. The molecule has 0 unspecified atom stereocenters. The van der Waals surface area contributed by atoms with Crippen molar-refractivity contribution in [1.82, 2.24) is 0 Å². The maximum atomic E-state index is 10.7. The van der Waals surface area contributed by atoms with Crippen molar-refractivity contribution in [2.45, 2.75) is 12.2 Å². The highest BCUT2D eigenvalue weighted by Gasteiger charge is 2.11. The van der Waals surface area contributed by atoms with E-state index in [0.29, 0.717) is 12.3 Å². The third-order valence-corrected chi connectivity index (χ3v) is 3.03. The van der Waals surface area contributed by atoms with E-state index in [2.05, 4.69) is 0 Å². The number of thioether (sulfide) groups is 1. The fourth-order valence-electron chi connectivity index (χ4n) is 1.18. The summed E-state index contributed by atoms with van der Waals surface area (Å²) >= 11 is 1.68. The minimum absolute atomic E-state index is 0.206. The van der Waals surface area contributed by atoms with E-state index in [1.165, 1.54) is 0 Å². The van der Waals surface area contributed by atoms with Gasteiger partial charge in [0.2, 0.25) is 0 Å². The van der Waals surface area contributed by atoms with E-state index in [-0.39, 0.29) is 10.6 Å². The number of hydrogen-bond donors (Lipinski definition) is 1. The first-order chi connectivity index (χ1) is 7.25. The summed E-state index contributed by atoms with van der Waals surface area (Å²) in [6.45, 7) is 0.671. The summed E-state index contributed by atoms with van der Waals surface area (Å²) in [5.41, 5.74) is 6.35. The van der Waals surface area contributed by atoms with Gasteiger partial charge in [-0.1, -0.05) is 18.2 Å². The van der Waals surface area contributed by atoms with Crippen molar-refractivity contribution >= 4 is 17.4 Å². The number of hydrogen-bond acceptors (Lipinski definition) is 4. The molecule has 1 aromatic carbocycles. The SMILES string of the molecule is NCCCSCc1ccccc1[N+](=O)[O-]. The quantitative estimate of drug-likeness (QED) is 0.458. The highest BCUT2D eigenvalue weighted by Crippen LogP contribution is 2.22. The molecule has 0 aromatic heterocycles. The third kappa shape index (κ3) is 3.89. The molecule has 0 aliphatic rings. The van der Waals surface area contributed by atoms with E-state index in [4.69, 9.17) is 5.73 Å². The van der Waals surface area contributed by atoms with Crippen LogP contribution in [0, 0.1) is 10.1 Å². The topological polar surface area (TPSA) is 69.2 Å². The molecular formula is C10H14N2O2S. The van der Waals surface area contributed by atoms with Crippen molar-refractivity contribution < 1.29 is 4.92 Å². The summed E-state index contributed by atoms with van der Waals surface area (Å²) in [7, 11) is 0. The van der Waals surface area contributed by atoms with Crippen LogP contribution in [-0.4, -0.2) is 17.2 Å². The second-order valence-corrected chi connectivity index (χ2v) is 4.19. The number of rotatable bonds is 6. The molecule has 0 saturated heterocycles. The summed E-state index contributed by atoms with van der Waals surface area (Å²) in [4.78, 5) is 10.4. The molecular weight excluding hydrogens is 212 g/mol. The van der Waals surface area contributed by atoms with Gasteiger partial charge in [0.15, 0.2) is 0 Å². The van der Waals surface area contributed by atoms with Crippen LogP contribution in [0.4, 0.5) is 5.69 Å². The van der Waals surface area contributed by atoms with E-state index < -0.39 is 0 Å². The van der Waals surface area contributed by atoms with Crippen LogP contribution >= 0.6 is 11.8 Å². The van der Waals surface area contributed by atoms with E-state index in [1.54, 1.807) is 30.0 Å². The minimum Gasteiger partial charge on any atom is -0.330 e. The molecule has 0 heterocycles. The summed E-state index contributed by atoms with van der Waals surface area (Å²) in [5, 5.41) is 10.7. The molecule has 0 fully saturated rings. The Morgan fingerprint density at radius 1 is 1.40 bits per heavy atom. The maximum absolute atomic E-state index is 10.7. The Morgan fingerprint density at radius 2 is 2.13 bits per heavy atom. The monoisotopic (exact) mass is 226 g/mol. The molecule has 82 valence electrons. The van der Waals surface area contributed by atoms with Crippen LogP contribution in [0.3, 0.4) is 0 Å². The maximum Gasteiger partial charge on any atom is 0.273 e. The smallest absolute Gasteiger partial charge is 0.273 e. The highest BCUT2D eigenvalue weighted by molar-refractivity contribution is 7.98. The van der Waals surface area contributed by atoms with Crippen molar-refractivity contribution in [3.05, 3.63) is 39.9 Å². The van der Waals surface area contributed by atoms with E-state index in [1.807, 2.05) is 6.07 Å². The zero-order valence-electron chi connectivity index (χ0n) is 8.39. The lowest BCUT2D eigenvalue weighted by Crippen LogP contribution is -2.00. The van der Waals surface area contributed by atoms with Crippen LogP contribution in [0.5, 0.6) is 0 Å². The van der Waals surface area contributed by atoms with Gasteiger partial charge in [-0.2, -0.15) is 11.8 Å². The Morgan fingerprint density at radius 3 is 2.80 bits per heavy atom. The zero-order chi connectivity index (χ0) is 11.1. The molecule has 1 aromatic rings. The first kappa shape index (κ1) is 12.0. The van der Waals surface area contributed by atoms with Gasteiger partial charge in [-0.25, -0.2) is 0 Å². The Balaban J connectivity index is 2.56. The fraction of sp³-hybridized carbons (Fsp3) is 0.400. The number of nitro benzene ring substituents is 1. The van der Waals surface area contributed by atoms with Crippen LogP contribution in [0.1, 0.15) is 12.0 Å². The first-order valence-corrected chi connectivity index (χ1v) is 5.91. The fourth-order valence-corrected chi connectivity index (χ4v) is 2.16. The second kappa shape index (κ2) is 6.42. The van der Waals surface area contributed by atoms with Gasteiger partial charge in [0.05, 0.1) is 4.92 Å². The number of benzene rings is 1. The molecule has 15 heavy (non-hydrogen) atoms. The van der Waals surface area contributed by atoms with Crippen LogP contribution < -0.4 is 5.73 Å². The lowest BCUT2D eigenvalue weighted by atomic mass is 10.2. The Hall–Kier alpha value is -1.07. The molecule has 0 atom stereocenters. The Labute approximate surface area is 93.0 Å². The van der Waals surface area contributed by atoms with Gasteiger partial charge in [0.25, 0.3) is 5.69 Å². The molecule has 0 aliphatic heterocycles. The summed E-state index contributed by atoms with van der Waals surface area (Å²) in [5.74, 6) is 1.62. The molecule has 0 bridgehead atoms. The molecule has 0 radical (unpaired) electrons. The van der Waals surface area contributed by atoms with E-state index in [9.17, 15) is 10.1 Å². The average molecular weight is 226 g/mol. The predicted octanol–water partition coefficient (Wildman–Crippen LogP) is 2.18. The zero-order valence-corrected chi connectivity index (χ0v) is 9.20. The first-order valence-electron chi connectivity index (χ1n) is 4.76. The van der Waals surface area contributed by atoms with Crippen molar-refractivity contribution in [3.63, 3.8) is 0 Å². The van der Waals surface area contributed by atoms with Crippen molar-refractivity contribution in [2.75, 3.05) is 12.3 Å². The average Bonchev–Trinajstić information content (AvgIpc) is 2.25. The van der Waals surface area contributed by atoms with Crippen molar-refractivity contribution in [1.29, 1.82) is 0 Å². The van der Waals surface area contributed by atoms with Gasteiger partial charge in [-0.3, -0.25) is 10.1 Å². The normalized spacial score (nSPS) is 10.2. The minimum atomic E-state index is -0.334. The molecule has 0 spiro atoms. The standard InChI is InChI=1S/C10H14N2O2S/c11-6-3-7-15-8-9-4-1-2-5-10(9)12(13)14/h1-2,4-5H,3,6-8,11H2. The predicted molar refractivity (Wildman–Crippen MR) is 62.9 cm³/mol. The van der Waals surface area contributed by atoms with Crippen molar-refractivity contribution in [3.8, 4) is 0 Å². The Kier molecular flexibility index (Phi) is 5.14. The van der Waals surface area contributed by atoms with Crippen LogP contribution in [0.2, 0.25) is 0 Å². The van der Waals surface area contributed by atoms with Gasteiger partial charge in [0.1, 0.15) is 0 Å². The van der Waals surface area contributed by atoms with Gasteiger partial charge in [0, 0.05) is 17.4 Å².